The van der Waals surface area contributed by atoms with E-state index in [4.69, 9.17) is 11.6 Å². The van der Waals surface area contributed by atoms with E-state index in [9.17, 15) is 0 Å². The van der Waals surface area contributed by atoms with E-state index in [-0.39, 0.29) is 29.4 Å². The number of nitrogens with zero attached hydrogens (tertiary/aromatic N) is 2. The Morgan fingerprint density at radius 3 is 2.48 bits per heavy atom. The molecule has 0 amide bonds. The van der Waals surface area contributed by atoms with Crippen molar-refractivity contribution in [3.05, 3.63) is 50.9 Å². The van der Waals surface area contributed by atoms with Gasteiger partial charge in [0.1, 0.15) is 0 Å². The lowest BCUT2D eigenvalue weighted by Gasteiger charge is -2.27. The minimum Gasteiger partial charge on any atom is -0.356 e. The molecule has 2 N–H and O–H groups in total. The molecule has 0 aliphatic carbocycles. The molecule has 0 spiro atoms. The molecule has 0 aliphatic heterocycles. The minimum absolute atomic E-state index is 0. The molecule has 0 atom stereocenters. The first kappa shape index (κ1) is 22.2. The zero-order chi connectivity index (χ0) is 17.6. The van der Waals surface area contributed by atoms with Crippen LogP contribution in [0.3, 0.4) is 0 Å². The number of benzene rings is 1. The SMILES string of the molecule is CN=C(NCCc1csc(C)n1)NCC(C)(C)c1ccc(Cl)cc1.I. The highest BCUT2D eigenvalue weighted by Gasteiger charge is 2.20. The monoisotopic (exact) mass is 492 g/mol. The quantitative estimate of drug-likeness (QED) is 0.357. The van der Waals surface area contributed by atoms with Gasteiger partial charge < -0.3 is 10.6 Å². The third kappa shape index (κ3) is 7.11. The highest BCUT2D eigenvalue weighted by atomic mass is 127. The van der Waals surface area contributed by atoms with Crippen molar-refractivity contribution in [1.29, 1.82) is 0 Å². The van der Waals surface area contributed by atoms with Gasteiger partial charge >= 0.3 is 0 Å². The largest absolute Gasteiger partial charge is 0.356 e. The highest BCUT2D eigenvalue weighted by molar-refractivity contribution is 14.0. The van der Waals surface area contributed by atoms with E-state index in [1.165, 1.54) is 5.56 Å². The van der Waals surface area contributed by atoms with E-state index in [2.05, 4.69) is 52.0 Å². The molecule has 0 fully saturated rings. The van der Waals surface area contributed by atoms with Gasteiger partial charge in [-0.3, -0.25) is 4.99 Å². The van der Waals surface area contributed by atoms with Crippen LogP contribution in [0.15, 0.2) is 34.6 Å². The smallest absolute Gasteiger partial charge is 0.191 e. The maximum atomic E-state index is 5.97. The standard InChI is InChI=1S/C18H25ClN4S.HI/c1-13-23-16(11-24-13)9-10-21-17(20-4)22-12-18(2,3)14-5-7-15(19)8-6-14;/h5-8,11H,9-10,12H2,1-4H3,(H2,20,21,22);1H. The van der Waals surface area contributed by atoms with Crippen molar-refractivity contribution in [2.45, 2.75) is 32.6 Å². The molecule has 0 unspecified atom stereocenters. The van der Waals surface area contributed by atoms with Gasteiger partial charge in [0.05, 0.1) is 10.7 Å². The molecule has 138 valence electrons. The summed E-state index contributed by atoms with van der Waals surface area (Å²) in [5.74, 6) is 0.809. The molecule has 4 nitrogen and oxygen atoms in total. The topological polar surface area (TPSA) is 49.3 Å². The molecule has 7 heteroatoms. The van der Waals surface area contributed by atoms with Crippen LogP contribution in [0.5, 0.6) is 0 Å². The Morgan fingerprint density at radius 1 is 1.24 bits per heavy atom. The van der Waals surface area contributed by atoms with Crippen molar-refractivity contribution in [3.8, 4) is 0 Å². The Kier molecular flexibility index (Phi) is 9.16. The lowest BCUT2D eigenvalue weighted by atomic mass is 9.85. The second-order valence-electron chi connectivity index (χ2n) is 6.35. The average molecular weight is 493 g/mol. The third-order valence-electron chi connectivity index (χ3n) is 3.89. The molecule has 2 rings (SSSR count). The maximum absolute atomic E-state index is 5.97. The van der Waals surface area contributed by atoms with E-state index in [0.717, 1.165) is 41.2 Å². The molecular weight excluding hydrogens is 467 g/mol. The van der Waals surface area contributed by atoms with Gasteiger partial charge in [0.25, 0.3) is 0 Å². The molecule has 0 aliphatic rings. The number of hydrogen-bond acceptors (Lipinski definition) is 3. The van der Waals surface area contributed by atoms with Crippen LogP contribution in [0, 0.1) is 6.92 Å². The number of rotatable bonds is 6. The van der Waals surface area contributed by atoms with Crippen molar-refractivity contribution < 1.29 is 0 Å². The van der Waals surface area contributed by atoms with E-state index in [1.54, 1.807) is 18.4 Å². The molecule has 0 saturated heterocycles. The Labute approximate surface area is 176 Å². The van der Waals surface area contributed by atoms with Crippen molar-refractivity contribution >= 4 is 52.9 Å². The van der Waals surface area contributed by atoms with Crippen LogP contribution in [0.2, 0.25) is 5.02 Å². The average Bonchev–Trinajstić information content (AvgIpc) is 2.96. The number of aromatic nitrogens is 1. The normalized spacial score (nSPS) is 11.8. The zero-order valence-corrected chi connectivity index (χ0v) is 19.0. The summed E-state index contributed by atoms with van der Waals surface area (Å²) in [5, 5.41) is 10.7. The second kappa shape index (κ2) is 10.3. The molecular formula is C18H26ClIN4S. The van der Waals surface area contributed by atoms with E-state index < -0.39 is 0 Å². The molecule has 1 aromatic carbocycles. The van der Waals surface area contributed by atoms with Gasteiger partial charge in [-0.15, -0.1) is 35.3 Å². The highest BCUT2D eigenvalue weighted by Crippen LogP contribution is 2.23. The number of halogens is 2. The Hall–Kier alpha value is -0.860. The molecule has 0 radical (unpaired) electrons. The Morgan fingerprint density at radius 2 is 1.92 bits per heavy atom. The van der Waals surface area contributed by atoms with Crippen LogP contribution in [0.1, 0.15) is 30.1 Å². The first-order valence-corrected chi connectivity index (χ1v) is 9.28. The van der Waals surface area contributed by atoms with Gasteiger partial charge in [-0.2, -0.15) is 0 Å². The Balaban J connectivity index is 0.00000312. The predicted molar refractivity (Wildman–Crippen MR) is 120 cm³/mol. The molecule has 1 heterocycles. The van der Waals surface area contributed by atoms with Crippen LogP contribution < -0.4 is 10.6 Å². The predicted octanol–water partition coefficient (Wildman–Crippen LogP) is 4.41. The number of nitrogens with one attached hydrogen (secondary N) is 2. The number of aryl methyl sites for hydroxylation is 1. The summed E-state index contributed by atoms with van der Waals surface area (Å²) in [4.78, 5) is 8.76. The van der Waals surface area contributed by atoms with E-state index in [1.807, 2.05) is 19.1 Å². The molecule has 0 bridgehead atoms. The van der Waals surface area contributed by atoms with Crippen LogP contribution in [-0.2, 0) is 11.8 Å². The fourth-order valence-electron chi connectivity index (χ4n) is 2.36. The third-order valence-corrected chi connectivity index (χ3v) is 4.96. The molecule has 1 aromatic heterocycles. The van der Waals surface area contributed by atoms with Crippen LogP contribution >= 0.6 is 46.9 Å². The number of thiazole rings is 1. The fourth-order valence-corrected chi connectivity index (χ4v) is 3.13. The van der Waals surface area contributed by atoms with Gasteiger partial charge in [0.2, 0.25) is 0 Å². The summed E-state index contributed by atoms with van der Waals surface area (Å²) >= 11 is 7.66. The Bertz CT molecular complexity index is 683. The van der Waals surface area contributed by atoms with Crippen molar-refractivity contribution in [2.75, 3.05) is 20.1 Å². The molecule has 0 saturated carbocycles. The lowest BCUT2D eigenvalue weighted by Crippen LogP contribution is -2.44. The number of hydrogen-bond donors (Lipinski definition) is 2. The van der Waals surface area contributed by atoms with Gasteiger partial charge in [-0.1, -0.05) is 37.6 Å². The van der Waals surface area contributed by atoms with E-state index in [0.29, 0.717) is 0 Å². The zero-order valence-electron chi connectivity index (χ0n) is 15.1. The number of aliphatic imine (C=N–C) groups is 1. The van der Waals surface area contributed by atoms with Gasteiger partial charge in [-0.25, -0.2) is 4.98 Å². The van der Waals surface area contributed by atoms with Crippen molar-refractivity contribution in [1.82, 2.24) is 15.6 Å². The van der Waals surface area contributed by atoms with Crippen LogP contribution in [-0.4, -0.2) is 31.1 Å². The van der Waals surface area contributed by atoms with Crippen LogP contribution in [0.4, 0.5) is 0 Å². The van der Waals surface area contributed by atoms with Crippen molar-refractivity contribution in [3.63, 3.8) is 0 Å². The summed E-state index contributed by atoms with van der Waals surface area (Å²) < 4.78 is 0. The van der Waals surface area contributed by atoms with Gasteiger partial charge in [0, 0.05) is 42.4 Å². The van der Waals surface area contributed by atoms with Crippen molar-refractivity contribution in [2.24, 2.45) is 4.99 Å². The van der Waals surface area contributed by atoms with Gasteiger partial charge in [0.15, 0.2) is 5.96 Å². The summed E-state index contributed by atoms with van der Waals surface area (Å²) in [7, 11) is 1.79. The van der Waals surface area contributed by atoms with E-state index >= 15 is 0 Å². The number of guanidine groups is 1. The molecule has 25 heavy (non-hydrogen) atoms. The fraction of sp³-hybridized carbons (Fsp3) is 0.444. The summed E-state index contributed by atoms with van der Waals surface area (Å²) in [6.07, 6.45) is 0.894. The summed E-state index contributed by atoms with van der Waals surface area (Å²) in [6.45, 7) is 8.03. The lowest BCUT2D eigenvalue weighted by molar-refractivity contribution is 0.508. The summed E-state index contributed by atoms with van der Waals surface area (Å²) in [5.41, 5.74) is 2.35. The van der Waals surface area contributed by atoms with Crippen LogP contribution in [0.25, 0.3) is 0 Å². The first-order valence-electron chi connectivity index (χ1n) is 8.02. The summed E-state index contributed by atoms with van der Waals surface area (Å²) in [6, 6.07) is 8.01. The minimum atomic E-state index is -0.0196. The molecule has 2 aromatic rings. The second-order valence-corrected chi connectivity index (χ2v) is 7.85. The van der Waals surface area contributed by atoms with Gasteiger partial charge in [-0.05, 0) is 24.6 Å². The first-order chi connectivity index (χ1) is 11.4. The maximum Gasteiger partial charge on any atom is 0.191 e.